The summed E-state index contributed by atoms with van der Waals surface area (Å²) in [5.41, 5.74) is 1.08. The van der Waals surface area contributed by atoms with E-state index >= 15 is 0 Å². The van der Waals surface area contributed by atoms with Crippen LogP contribution in [-0.4, -0.2) is 39.1 Å². The molecule has 1 aliphatic rings. The maximum Gasteiger partial charge on any atom is 0.241 e. The monoisotopic (exact) mass is 294 g/mol. The molecule has 1 aromatic carbocycles. The van der Waals surface area contributed by atoms with E-state index in [1.807, 2.05) is 49.1 Å². The first kappa shape index (κ1) is 15.2. The second-order valence-corrected chi connectivity index (χ2v) is 6.77. The number of carbonyl (C=O) groups excluding carboxylic acids is 1. The summed E-state index contributed by atoms with van der Waals surface area (Å²) in [5.74, 6) is 1.31. The minimum absolute atomic E-state index is 0.0949. The van der Waals surface area contributed by atoms with E-state index in [0.717, 1.165) is 12.0 Å². The minimum atomic E-state index is -0.844. The van der Waals surface area contributed by atoms with Crippen LogP contribution in [0, 0.1) is 0 Å². The van der Waals surface area contributed by atoms with Crippen molar-refractivity contribution in [1.29, 1.82) is 0 Å². The van der Waals surface area contributed by atoms with Gasteiger partial charge >= 0.3 is 0 Å². The second-order valence-electron chi connectivity index (χ2n) is 4.90. The summed E-state index contributed by atoms with van der Waals surface area (Å²) in [6, 6.07) is 9.83. The molecule has 0 aromatic heterocycles. The van der Waals surface area contributed by atoms with E-state index in [2.05, 4.69) is 5.32 Å². The lowest BCUT2D eigenvalue weighted by molar-refractivity contribution is -0.129. The zero-order valence-corrected chi connectivity index (χ0v) is 12.9. The van der Waals surface area contributed by atoms with E-state index in [4.69, 9.17) is 0 Å². The van der Waals surface area contributed by atoms with Gasteiger partial charge in [-0.1, -0.05) is 44.2 Å². The summed E-state index contributed by atoms with van der Waals surface area (Å²) >= 11 is 0. The second kappa shape index (κ2) is 6.99. The molecule has 0 spiro atoms. The number of nitrogens with one attached hydrogen (secondary N) is 1. The maximum absolute atomic E-state index is 12.4. The predicted molar refractivity (Wildman–Crippen MR) is 81.7 cm³/mol. The highest BCUT2D eigenvalue weighted by Gasteiger charge is 2.38. The van der Waals surface area contributed by atoms with E-state index in [1.54, 1.807) is 0 Å². The number of benzene rings is 1. The summed E-state index contributed by atoms with van der Waals surface area (Å²) in [5, 5.41) is 3.38. The Hall–Kier alpha value is -1.20. The van der Waals surface area contributed by atoms with E-state index in [-0.39, 0.29) is 18.1 Å². The van der Waals surface area contributed by atoms with Crippen LogP contribution < -0.4 is 5.32 Å². The van der Waals surface area contributed by atoms with Gasteiger partial charge in [0.1, 0.15) is 6.17 Å². The van der Waals surface area contributed by atoms with Crippen LogP contribution in [0.4, 0.5) is 0 Å². The minimum Gasteiger partial charge on any atom is -0.321 e. The van der Waals surface area contributed by atoms with E-state index in [9.17, 15) is 9.00 Å². The van der Waals surface area contributed by atoms with Crippen LogP contribution in [-0.2, 0) is 15.6 Å². The van der Waals surface area contributed by atoms with Crippen molar-refractivity contribution in [3.63, 3.8) is 0 Å². The van der Waals surface area contributed by atoms with Crippen molar-refractivity contribution in [3.8, 4) is 0 Å². The van der Waals surface area contributed by atoms with Crippen molar-refractivity contribution < 1.29 is 9.00 Å². The molecule has 5 heteroatoms. The lowest BCUT2D eigenvalue weighted by atomic mass is 10.1. The van der Waals surface area contributed by atoms with Gasteiger partial charge in [-0.2, -0.15) is 0 Å². The number of rotatable bonds is 6. The fourth-order valence-electron chi connectivity index (χ4n) is 2.47. The molecule has 1 fully saturated rings. The third-order valence-corrected chi connectivity index (χ3v) is 4.94. The Morgan fingerprint density at radius 3 is 2.55 bits per heavy atom. The number of carbonyl (C=O) groups is 1. The van der Waals surface area contributed by atoms with Crippen molar-refractivity contribution in [3.05, 3.63) is 35.9 Å². The average molecular weight is 294 g/mol. The number of hydrogen-bond acceptors (Lipinski definition) is 3. The van der Waals surface area contributed by atoms with Crippen LogP contribution in [0.5, 0.6) is 0 Å². The SMILES string of the molecule is CCC1NC(c2ccccc2)N(CCS(=O)CC)C1=O. The molecule has 0 saturated carbocycles. The Morgan fingerprint density at radius 1 is 1.25 bits per heavy atom. The van der Waals surface area contributed by atoms with Crippen LogP contribution in [0.1, 0.15) is 32.0 Å². The van der Waals surface area contributed by atoms with Gasteiger partial charge in [0.05, 0.1) is 6.04 Å². The van der Waals surface area contributed by atoms with Crippen LogP contribution in [0.15, 0.2) is 30.3 Å². The van der Waals surface area contributed by atoms with E-state index in [0.29, 0.717) is 18.1 Å². The Bertz CT molecular complexity index is 478. The molecule has 0 radical (unpaired) electrons. The zero-order chi connectivity index (χ0) is 14.5. The lowest BCUT2D eigenvalue weighted by Gasteiger charge is -2.24. The van der Waals surface area contributed by atoms with Gasteiger partial charge in [0, 0.05) is 28.9 Å². The largest absolute Gasteiger partial charge is 0.321 e. The quantitative estimate of drug-likeness (QED) is 0.868. The Morgan fingerprint density at radius 2 is 1.95 bits per heavy atom. The first-order chi connectivity index (χ1) is 9.67. The van der Waals surface area contributed by atoms with Gasteiger partial charge in [-0.25, -0.2) is 0 Å². The average Bonchev–Trinajstić information content (AvgIpc) is 2.82. The molecule has 3 unspecified atom stereocenters. The standard InChI is InChI=1S/C15H22N2O2S/c1-3-13-15(18)17(10-11-20(19)4-2)14(16-13)12-8-6-5-7-9-12/h5-9,13-14,16H,3-4,10-11H2,1-2H3. The zero-order valence-electron chi connectivity index (χ0n) is 12.0. The van der Waals surface area contributed by atoms with Crippen LogP contribution in [0.2, 0.25) is 0 Å². The van der Waals surface area contributed by atoms with Gasteiger partial charge in [-0.15, -0.1) is 0 Å². The molecule has 1 N–H and O–H groups in total. The highest BCUT2D eigenvalue weighted by molar-refractivity contribution is 7.84. The van der Waals surface area contributed by atoms with Crippen molar-refractivity contribution in [1.82, 2.24) is 10.2 Å². The molecule has 0 aliphatic carbocycles. The van der Waals surface area contributed by atoms with E-state index < -0.39 is 10.8 Å². The molecule has 1 aromatic rings. The van der Waals surface area contributed by atoms with Gasteiger partial charge in [0.15, 0.2) is 0 Å². The Kier molecular flexibility index (Phi) is 5.31. The van der Waals surface area contributed by atoms with Crippen LogP contribution >= 0.6 is 0 Å². The lowest BCUT2D eigenvalue weighted by Crippen LogP contribution is -2.34. The molecule has 0 bridgehead atoms. The van der Waals surface area contributed by atoms with E-state index in [1.165, 1.54) is 0 Å². The molecule has 1 aliphatic heterocycles. The van der Waals surface area contributed by atoms with Gasteiger partial charge < -0.3 is 4.90 Å². The van der Waals surface area contributed by atoms with Gasteiger partial charge in [-0.05, 0) is 12.0 Å². The smallest absolute Gasteiger partial charge is 0.241 e. The summed E-state index contributed by atoms with van der Waals surface area (Å²) in [6.07, 6.45) is 0.678. The number of nitrogens with zero attached hydrogens (tertiary/aromatic N) is 1. The van der Waals surface area contributed by atoms with Crippen LogP contribution in [0.25, 0.3) is 0 Å². The Balaban J connectivity index is 2.15. The molecule has 20 heavy (non-hydrogen) atoms. The van der Waals surface area contributed by atoms with Crippen molar-refractivity contribution in [2.24, 2.45) is 0 Å². The molecule has 110 valence electrons. The highest BCUT2D eigenvalue weighted by atomic mass is 32.2. The van der Waals surface area contributed by atoms with Gasteiger partial charge in [0.2, 0.25) is 5.91 Å². The molecule has 1 heterocycles. The fourth-order valence-corrected chi connectivity index (χ4v) is 3.16. The molecule has 1 amide bonds. The van der Waals surface area contributed by atoms with Crippen LogP contribution in [0.3, 0.4) is 0 Å². The molecular weight excluding hydrogens is 272 g/mol. The van der Waals surface area contributed by atoms with Gasteiger partial charge in [0.25, 0.3) is 0 Å². The fraction of sp³-hybridized carbons (Fsp3) is 0.533. The summed E-state index contributed by atoms with van der Waals surface area (Å²) in [4.78, 5) is 14.2. The normalized spacial score (nSPS) is 24.1. The number of amides is 1. The summed E-state index contributed by atoms with van der Waals surface area (Å²) < 4.78 is 11.6. The molecule has 1 saturated heterocycles. The van der Waals surface area contributed by atoms with Crippen molar-refractivity contribution in [2.75, 3.05) is 18.1 Å². The third kappa shape index (κ3) is 3.27. The molecule has 4 nitrogen and oxygen atoms in total. The molecule has 2 rings (SSSR count). The molecule has 3 atom stereocenters. The molecular formula is C15H22N2O2S. The first-order valence-electron chi connectivity index (χ1n) is 7.13. The summed E-state index contributed by atoms with van der Waals surface area (Å²) in [6.45, 7) is 4.46. The maximum atomic E-state index is 12.4. The Labute approximate surface area is 123 Å². The summed E-state index contributed by atoms with van der Waals surface area (Å²) in [7, 11) is -0.844. The predicted octanol–water partition coefficient (Wildman–Crippen LogP) is 1.66. The third-order valence-electron chi connectivity index (χ3n) is 3.66. The van der Waals surface area contributed by atoms with Crippen molar-refractivity contribution in [2.45, 2.75) is 32.5 Å². The first-order valence-corrected chi connectivity index (χ1v) is 8.62. The number of hydrogen-bond donors (Lipinski definition) is 1. The topological polar surface area (TPSA) is 49.4 Å². The van der Waals surface area contributed by atoms with Gasteiger partial charge in [-0.3, -0.25) is 14.3 Å². The van der Waals surface area contributed by atoms with Crippen molar-refractivity contribution >= 4 is 16.7 Å². The highest BCUT2D eigenvalue weighted by Crippen LogP contribution is 2.26.